The molecule has 0 spiro atoms. The second-order valence-electron chi connectivity index (χ2n) is 11.6. The lowest BCUT2D eigenvalue weighted by atomic mass is 9.86. The fourth-order valence-corrected chi connectivity index (χ4v) is 7.21. The van der Waals surface area contributed by atoms with Crippen LogP contribution in [0.5, 0.6) is 5.75 Å². The van der Waals surface area contributed by atoms with Gasteiger partial charge in [-0.1, -0.05) is 18.0 Å². The standard InChI is InChI=1S/C26H36ClN8O10PS/c1-14(22(37)42-12-15-6-5-7-15)32-46(39,44-17-10-8-16(27)9-11-17)45-23-19(36)26(2,38)24(43-23)35-13-29-18-20(30-25(28)31-21(18)35)34(3)33-47(4,40)41/h8-11,13-15,19,23-24,33,36,38H,5-7,12H2,1-4H3,(H,32,39)(H2,28,30,31)/t14-,19?,23?,24+,26+,46?/m0/s1. The summed E-state index contributed by atoms with van der Waals surface area (Å²) >= 11 is 5.97. The van der Waals surface area contributed by atoms with E-state index in [0.29, 0.717) is 5.02 Å². The monoisotopic (exact) mass is 718 g/mol. The van der Waals surface area contributed by atoms with Crippen molar-refractivity contribution in [2.45, 2.75) is 63.4 Å². The van der Waals surface area contributed by atoms with E-state index in [0.717, 1.165) is 30.5 Å². The number of carbonyl (C=O) groups is 1. The van der Waals surface area contributed by atoms with Gasteiger partial charge in [-0.15, -0.1) is 4.83 Å². The molecule has 1 aliphatic carbocycles. The number of carbonyl (C=O) groups excluding carboxylic acids is 1. The van der Waals surface area contributed by atoms with Gasteiger partial charge >= 0.3 is 13.7 Å². The third-order valence-corrected chi connectivity index (χ3v) is 10.1. The average Bonchev–Trinajstić information content (AvgIpc) is 3.45. The first kappa shape index (κ1) is 35.2. The molecular formula is C26H36ClN8O10PS. The minimum atomic E-state index is -4.58. The first-order chi connectivity index (χ1) is 22.0. The Morgan fingerprint density at radius 2 is 2.00 bits per heavy atom. The number of hydrogen-bond donors (Lipinski definition) is 5. The van der Waals surface area contributed by atoms with Gasteiger partial charge in [-0.25, -0.2) is 18.0 Å². The molecule has 18 nitrogen and oxygen atoms in total. The van der Waals surface area contributed by atoms with Crippen molar-refractivity contribution in [3.05, 3.63) is 35.6 Å². The van der Waals surface area contributed by atoms with Crippen molar-refractivity contribution in [1.82, 2.24) is 29.4 Å². The minimum absolute atomic E-state index is 0.00525. The summed E-state index contributed by atoms with van der Waals surface area (Å²) in [4.78, 5) is 27.5. The third-order valence-electron chi connectivity index (χ3n) is 7.59. The molecule has 2 aromatic heterocycles. The Balaban J connectivity index is 1.42. The highest BCUT2D eigenvalue weighted by Gasteiger charge is 2.56. The van der Waals surface area contributed by atoms with Gasteiger partial charge in [0, 0.05) is 12.1 Å². The number of benzene rings is 1. The van der Waals surface area contributed by atoms with Gasteiger partial charge in [0.05, 0.1) is 19.2 Å². The molecule has 1 aromatic carbocycles. The molecule has 1 saturated heterocycles. The van der Waals surface area contributed by atoms with Crippen LogP contribution in [0.3, 0.4) is 0 Å². The lowest BCUT2D eigenvalue weighted by Crippen LogP contribution is -2.44. The van der Waals surface area contributed by atoms with Gasteiger partial charge in [-0.05, 0) is 56.9 Å². The zero-order valence-corrected chi connectivity index (χ0v) is 28.3. The molecule has 3 aromatic rings. The van der Waals surface area contributed by atoms with E-state index >= 15 is 0 Å². The summed E-state index contributed by atoms with van der Waals surface area (Å²) in [6, 6.07) is 4.61. The van der Waals surface area contributed by atoms with E-state index in [1.807, 2.05) is 0 Å². The molecule has 21 heteroatoms. The number of halogens is 1. The number of nitrogens with one attached hydrogen (secondary N) is 2. The largest absolute Gasteiger partial charge is 0.464 e. The van der Waals surface area contributed by atoms with Crippen molar-refractivity contribution >= 4 is 58.3 Å². The van der Waals surface area contributed by atoms with E-state index in [4.69, 9.17) is 35.9 Å². The van der Waals surface area contributed by atoms with Crippen molar-refractivity contribution in [3.63, 3.8) is 0 Å². The predicted molar refractivity (Wildman–Crippen MR) is 168 cm³/mol. The number of hydrazine groups is 1. The molecule has 47 heavy (non-hydrogen) atoms. The van der Waals surface area contributed by atoms with Crippen LogP contribution in [-0.2, 0) is 33.4 Å². The van der Waals surface area contributed by atoms with Crippen LogP contribution in [0.2, 0.25) is 5.02 Å². The molecule has 0 bridgehead atoms. The van der Waals surface area contributed by atoms with Gasteiger partial charge in [-0.2, -0.15) is 15.1 Å². The number of aromatic nitrogens is 4. The predicted octanol–water partition coefficient (Wildman–Crippen LogP) is 1.45. The van der Waals surface area contributed by atoms with Crippen molar-refractivity contribution in [3.8, 4) is 5.75 Å². The number of imidazole rings is 1. The summed E-state index contributed by atoms with van der Waals surface area (Å²) < 4.78 is 61.7. The summed E-state index contributed by atoms with van der Waals surface area (Å²) in [6.07, 6.45) is -0.00507. The average molecular weight is 719 g/mol. The molecule has 6 N–H and O–H groups in total. The summed E-state index contributed by atoms with van der Waals surface area (Å²) in [6.45, 7) is 2.86. The normalized spacial score (nSPS) is 25.2. The Hall–Kier alpha value is -3.13. The number of aliphatic hydroxyl groups excluding tert-OH is 1. The van der Waals surface area contributed by atoms with Crippen molar-refractivity contribution in [2.24, 2.45) is 5.92 Å². The number of hydrogen-bond acceptors (Lipinski definition) is 15. The van der Waals surface area contributed by atoms with Crippen LogP contribution in [0.1, 0.15) is 39.3 Å². The zero-order valence-electron chi connectivity index (χ0n) is 25.8. The molecule has 1 aliphatic heterocycles. The Morgan fingerprint density at radius 3 is 2.62 bits per heavy atom. The second kappa shape index (κ2) is 13.4. The van der Waals surface area contributed by atoms with Gasteiger partial charge in [0.1, 0.15) is 23.5 Å². The van der Waals surface area contributed by atoms with Crippen LogP contribution in [0.25, 0.3) is 11.2 Å². The molecule has 258 valence electrons. The van der Waals surface area contributed by atoms with Crippen molar-refractivity contribution in [2.75, 3.05) is 30.7 Å². The lowest BCUT2D eigenvalue weighted by molar-refractivity contribution is -0.148. The number of nitrogen functional groups attached to an aromatic ring is 1. The Bertz CT molecular complexity index is 1770. The number of nitrogens with two attached hydrogens (primary N) is 1. The highest BCUT2D eigenvalue weighted by atomic mass is 35.5. The zero-order chi connectivity index (χ0) is 34.3. The first-order valence-corrected chi connectivity index (χ1v) is 18.2. The van der Waals surface area contributed by atoms with E-state index in [-0.39, 0.29) is 41.2 Å². The van der Waals surface area contributed by atoms with Crippen LogP contribution in [0, 0.1) is 5.92 Å². The highest BCUT2D eigenvalue weighted by molar-refractivity contribution is 7.88. The molecule has 0 radical (unpaired) electrons. The summed E-state index contributed by atoms with van der Waals surface area (Å²) in [7, 11) is -6.93. The maximum Gasteiger partial charge on any atom is 0.461 e. The van der Waals surface area contributed by atoms with Crippen molar-refractivity contribution in [1.29, 1.82) is 0 Å². The minimum Gasteiger partial charge on any atom is -0.464 e. The summed E-state index contributed by atoms with van der Waals surface area (Å²) in [5.41, 5.74) is 3.83. The van der Waals surface area contributed by atoms with Gasteiger partial charge in [-0.3, -0.25) is 18.9 Å². The molecule has 6 atom stereocenters. The van der Waals surface area contributed by atoms with E-state index in [2.05, 4.69) is 24.9 Å². The molecule has 1 saturated carbocycles. The van der Waals surface area contributed by atoms with Crippen LogP contribution in [0.15, 0.2) is 30.6 Å². The quantitative estimate of drug-likeness (QED) is 0.0954. The first-order valence-electron chi connectivity index (χ1n) is 14.4. The number of aliphatic hydroxyl groups is 2. The Kier molecular flexibility index (Phi) is 10.0. The van der Waals surface area contributed by atoms with Gasteiger partial charge in [0.15, 0.2) is 23.2 Å². The maximum atomic E-state index is 14.2. The molecule has 5 rings (SSSR count). The fourth-order valence-electron chi connectivity index (χ4n) is 4.93. The maximum absolute atomic E-state index is 14.2. The molecule has 2 fully saturated rings. The van der Waals surface area contributed by atoms with E-state index in [1.165, 1.54) is 56.1 Å². The summed E-state index contributed by atoms with van der Waals surface area (Å²) in [5.74, 6) is -0.681. The number of fused-ring (bicyclic) bond motifs is 1. The number of esters is 1. The van der Waals surface area contributed by atoms with Crippen LogP contribution >= 0.6 is 19.3 Å². The fraction of sp³-hybridized carbons (Fsp3) is 0.538. The van der Waals surface area contributed by atoms with E-state index in [9.17, 15) is 28.0 Å². The smallest absolute Gasteiger partial charge is 0.461 e. The van der Waals surface area contributed by atoms with Crippen LogP contribution in [0.4, 0.5) is 11.8 Å². The third kappa shape index (κ3) is 7.96. The van der Waals surface area contributed by atoms with Crippen LogP contribution < -0.4 is 25.2 Å². The SMILES string of the molecule is C[C@H](NP(=O)(Oc1ccc(Cl)cc1)OC1O[C@@H](n2cnc3c(N(C)NS(C)(=O)=O)nc(N)nc32)[C@](C)(O)C1O)C(=O)OCC1CCC1. The number of ether oxygens (including phenoxy) is 2. The number of nitrogens with zero attached hydrogens (tertiary/aromatic N) is 5. The molecule has 0 amide bonds. The topological polar surface area (TPSA) is 243 Å². The number of sulfonamides is 1. The van der Waals surface area contributed by atoms with Gasteiger partial charge in [0.25, 0.3) is 0 Å². The lowest BCUT2D eigenvalue weighted by Gasteiger charge is -2.28. The molecule has 3 heterocycles. The second-order valence-corrected chi connectivity index (χ2v) is 15.4. The van der Waals surface area contributed by atoms with E-state index in [1.54, 1.807) is 0 Å². The van der Waals surface area contributed by atoms with E-state index < -0.39 is 54.0 Å². The van der Waals surface area contributed by atoms with Gasteiger partial charge in [0.2, 0.25) is 22.3 Å². The number of rotatable bonds is 13. The highest BCUT2D eigenvalue weighted by Crippen LogP contribution is 2.51. The Labute approximate surface area is 275 Å². The molecular weight excluding hydrogens is 683 g/mol. The van der Waals surface area contributed by atoms with Crippen LogP contribution in [-0.4, -0.2) is 88.1 Å². The number of anilines is 2. The van der Waals surface area contributed by atoms with Crippen molar-refractivity contribution < 1.29 is 46.5 Å². The Morgan fingerprint density at radius 1 is 1.32 bits per heavy atom. The molecule has 2 aliphatic rings. The molecule has 3 unspecified atom stereocenters. The van der Waals surface area contributed by atoms with Gasteiger partial charge < -0.3 is 29.9 Å². The summed E-state index contributed by atoms with van der Waals surface area (Å²) in [5, 5.41) is 26.6.